The Bertz CT molecular complexity index is 909. The molecule has 0 amide bonds. The maximum atomic E-state index is 4.92. The quantitative estimate of drug-likeness (QED) is 0.710. The topological polar surface area (TPSA) is 58.4 Å². The zero-order valence-corrected chi connectivity index (χ0v) is 16.3. The molecule has 25 heavy (non-hydrogen) atoms. The highest BCUT2D eigenvalue weighted by atomic mass is 32.1. The molecular formula is C18H26N6S. The molecule has 1 aliphatic carbocycles. The van der Waals surface area contributed by atoms with E-state index in [9.17, 15) is 0 Å². The van der Waals surface area contributed by atoms with Gasteiger partial charge in [-0.3, -0.25) is 0 Å². The number of anilines is 1. The van der Waals surface area contributed by atoms with E-state index in [2.05, 4.69) is 36.3 Å². The van der Waals surface area contributed by atoms with E-state index in [-0.39, 0.29) is 0 Å². The highest BCUT2D eigenvalue weighted by Crippen LogP contribution is 2.39. The highest BCUT2D eigenvalue weighted by Gasteiger charge is 2.24. The summed E-state index contributed by atoms with van der Waals surface area (Å²) in [5, 5.41) is 9.29. The maximum Gasteiger partial charge on any atom is 0.227 e. The van der Waals surface area contributed by atoms with Crippen molar-refractivity contribution in [1.29, 1.82) is 0 Å². The smallest absolute Gasteiger partial charge is 0.227 e. The van der Waals surface area contributed by atoms with E-state index in [1.165, 1.54) is 28.7 Å². The summed E-state index contributed by atoms with van der Waals surface area (Å²) in [6, 6.07) is 0. The minimum atomic E-state index is 0.734. The summed E-state index contributed by atoms with van der Waals surface area (Å²) >= 11 is 1.84. The Morgan fingerprint density at radius 3 is 2.96 bits per heavy atom. The number of fused-ring (bicyclic) bond motifs is 5. The SMILES string of the molecule is Cc1nc2c3c4c(sc3nc(NCCCN(C)C)n2n1)CC[C@H](C)C4. The molecule has 3 aromatic rings. The second kappa shape index (κ2) is 6.53. The Morgan fingerprint density at radius 2 is 2.16 bits per heavy atom. The summed E-state index contributed by atoms with van der Waals surface area (Å²) in [5.41, 5.74) is 2.42. The van der Waals surface area contributed by atoms with E-state index in [0.717, 1.165) is 54.1 Å². The number of hydrogen-bond acceptors (Lipinski definition) is 6. The van der Waals surface area contributed by atoms with Crippen LogP contribution in [0.4, 0.5) is 5.95 Å². The van der Waals surface area contributed by atoms with Gasteiger partial charge in [0, 0.05) is 11.4 Å². The Balaban J connectivity index is 1.76. The zero-order chi connectivity index (χ0) is 17.6. The lowest BCUT2D eigenvalue weighted by Crippen LogP contribution is -2.17. The summed E-state index contributed by atoms with van der Waals surface area (Å²) in [6.45, 7) is 6.23. The van der Waals surface area contributed by atoms with Gasteiger partial charge in [-0.2, -0.15) is 4.52 Å². The molecule has 0 aliphatic heterocycles. The summed E-state index contributed by atoms with van der Waals surface area (Å²) < 4.78 is 1.90. The molecule has 0 saturated carbocycles. The van der Waals surface area contributed by atoms with Crippen LogP contribution in [0.1, 0.15) is 36.0 Å². The predicted octanol–water partition coefficient (Wildman–Crippen LogP) is 3.14. The minimum Gasteiger partial charge on any atom is -0.354 e. The normalized spacial score (nSPS) is 17.6. The van der Waals surface area contributed by atoms with E-state index in [1.54, 1.807) is 0 Å². The van der Waals surface area contributed by atoms with Crippen LogP contribution < -0.4 is 5.32 Å². The van der Waals surface area contributed by atoms with Crippen LogP contribution in [0.15, 0.2) is 0 Å². The molecule has 0 bridgehead atoms. The van der Waals surface area contributed by atoms with Crippen molar-refractivity contribution < 1.29 is 0 Å². The molecule has 0 unspecified atom stereocenters. The van der Waals surface area contributed by atoms with Gasteiger partial charge in [-0.15, -0.1) is 16.4 Å². The van der Waals surface area contributed by atoms with Crippen molar-refractivity contribution in [1.82, 2.24) is 24.5 Å². The molecule has 4 rings (SSSR count). The Morgan fingerprint density at radius 1 is 1.32 bits per heavy atom. The zero-order valence-electron chi connectivity index (χ0n) is 15.5. The lowest BCUT2D eigenvalue weighted by molar-refractivity contribution is 0.405. The number of aromatic nitrogens is 4. The largest absolute Gasteiger partial charge is 0.354 e. The lowest BCUT2D eigenvalue weighted by Gasteiger charge is -2.18. The third-order valence-corrected chi connectivity index (χ3v) is 6.08. The van der Waals surface area contributed by atoms with Crippen molar-refractivity contribution >= 4 is 33.1 Å². The molecule has 0 radical (unpaired) electrons. The van der Waals surface area contributed by atoms with Crippen LogP contribution in [0, 0.1) is 12.8 Å². The fourth-order valence-electron chi connectivity index (χ4n) is 3.63. The molecular weight excluding hydrogens is 332 g/mol. The Kier molecular flexibility index (Phi) is 4.37. The first kappa shape index (κ1) is 16.7. The van der Waals surface area contributed by atoms with Crippen molar-refractivity contribution in [3.63, 3.8) is 0 Å². The van der Waals surface area contributed by atoms with Gasteiger partial charge < -0.3 is 10.2 Å². The molecule has 6 nitrogen and oxygen atoms in total. The Hall–Kier alpha value is -1.73. The summed E-state index contributed by atoms with van der Waals surface area (Å²) in [4.78, 5) is 14.4. The molecule has 3 heterocycles. The number of hydrogen-bond donors (Lipinski definition) is 1. The fourth-order valence-corrected chi connectivity index (χ4v) is 4.84. The van der Waals surface area contributed by atoms with Crippen molar-refractivity contribution in [3.8, 4) is 0 Å². The van der Waals surface area contributed by atoms with E-state index in [1.807, 2.05) is 22.8 Å². The van der Waals surface area contributed by atoms with Gasteiger partial charge in [0.05, 0.1) is 5.39 Å². The van der Waals surface area contributed by atoms with Gasteiger partial charge >= 0.3 is 0 Å². The third kappa shape index (κ3) is 3.11. The molecule has 7 heteroatoms. The van der Waals surface area contributed by atoms with Crippen LogP contribution in [0.3, 0.4) is 0 Å². The number of aryl methyl sites for hydroxylation is 2. The van der Waals surface area contributed by atoms with Crippen LogP contribution in [0.2, 0.25) is 0 Å². The van der Waals surface area contributed by atoms with Gasteiger partial charge in [-0.05, 0) is 64.7 Å². The van der Waals surface area contributed by atoms with E-state index < -0.39 is 0 Å². The van der Waals surface area contributed by atoms with Gasteiger partial charge in [-0.1, -0.05) is 6.92 Å². The molecule has 1 aliphatic rings. The molecule has 0 spiro atoms. The maximum absolute atomic E-state index is 4.92. The van der Waals surface area contributed by atoms with Gasteiger partial charge in [0.15, 0.2) is 5.65 Å². The standard InChI is InChI=1S/C18H26N6S/c1-11-6-7-14-13(10-11)15-16-20-12(2)22-24(16)18(21-17(15)25-14)19-8-5-9-23(3)4/h11H,5-10H2,1-4H3,(H,19,21)/t11-/m0/s1. The van der Waals surface area contributed by atoms with E-state index in [4.69, 9.17) is 9.97 Å². The Labute approximate surface area is 152 Å². The van der Waals surface area contributed by atoms with Crippen LogP contribution in [-0.2, 0) is 12.8 Å². The summed E-state index contributed by atoms with van der Waals surface area (Å²) in [7, 11) is 4.20. The molecule has 0 saturated heterocycles. The molecule has 0 aromatic carbocycles. The highest BCUT2D eigenvalue weighted by molar-refractivity contribution is 7.19. The number of nitrogens with one attached hydrogen (secondary N) is 1. The molecule has 3 aromatic heterocycles. The molecule has 1 atom stereocenters. The summed E-state index contributed by atoms with van der Waals surface area (Å²) in [6.07, 6.45) is 4.65. The molecule has 1 N–H and O–H groups in total. The molecule has 134 valence electrons. The predicted molar refractivity (Wildman–Crippen MR) is 104 cm³/mol. The van der Waals surface area contributed by atoms with Crippen LogP contribution in [0.25, 0.3) is 15.9 Å². The average molecular weight is 359 g/mol. The second-order valence-corrected chi connectivity index (χ2v) is 8.53. The van der Waals surface area contributed by atoms with Gasteiger partial charge in [0.2, 0.25) is 5.95 Å². The van der Waals surface area contributed by atoms with Crippen LogP contribution in [-0.4, -0.2) is 51.7 Å². The van der Waals surface area contributed by atoms with Gasteiger partial charge in [0.25, 0.3) is 0 Å². The average Bonchev–Trinajstić information content (AvgIpc) is 3.10. The summed E-state index contributed by atoms with van der Waals surface area (Å²) in [5.74, 6) is 2.35. The van der Waals surface area contributed by atoms with Gasteiger partial charge in [0.1, 0.15) is 10.7 Å². The number of thiophene rings is 1. The first-order chi connectivity index (χ1) is 12.0. The fraction of sp³-hybridized carbons (Fsp3) is 0.611. The van der Waals surface area contributed by atoms with Crippen molar-refractivity contribution in [2.75, 3.05) is 32.5 Å². The third-order valence-electron chi connectivity index (χ3n) is 4.90. The lowest BCUT2D eigenvalue weighted by atomic mass is 9.89. The van der Waals surface area contributed by atoms with Crippen molar-refractivity contribution in [2.24, 2.45) is 5.92 Å². The number of nitrogens with zero attached hydrogens (tertiary/aromatic N) is 5. The van der Waals surface area contributed by atoms with Crippen LogP contribution in [0.5, 0.6) is 0 Å². The van der Waals surface area contributed by atoms with E-state index in [0.29, 0.717) is 0 Å². The van der Waals surface area contributed by atoms with Crippen molar-refractivity contribution in [2.45, 2.75) is 39.5 Å². The van der Waals surface area contributed by atoms with Gasteiger partial charge in [-0.25, -0.2) is 9.97 Å². The minimum absolute atomic E-state index is 0.734. The monoisotopic (exact) mass is 358 g/mol. The first-order valence-electron chi connectivity index (χ1n) is 9.09. The first-order valence-corrected chi connectivity index (χ1v) is 9.91. The number of rotatable bonds is 5. The second-order valence-electron chi connectivity index (χ2n) is 7.45. The van der Waals surface area contributed by atoms with Crippen molar-refractivity contribution in [3.05, 3.63) is 16.3 Å². The van der Waals surface area contributed by atoms with Crippen LogP contribution >= 0.6 is 11.3 Å². The van der Waals surface area contributed by atoms with E-state index >= 15 is 0 Å². The molecule has 0 fully saturated rings.